The van der Waals surface area contributed by atoms with Gasteiger partial charge < -0.3 is 14.7 Å². The number of fused-ring (bicyclic) bond motifs is 1. The second-order valence-electron chi connectivity index (χ2n) is 5.56. The minimum Gasteiger partial charge on any atom is -0.336 e. The molecule has 1 aromatic carbocycles. The van der Waals surface area contributed by atoms with E-state index in [1.807, 2.05) is 0 Å². The van der Waals surface area contributed by atoms with Gasteiger partial charge in [0.25, 0.3) is 0 Å². The van der Waals surface area contributed by atoms with E-state index in [1.165, 1.54) is 11.4 Å². The van der Waals surface area contributed by atoms with Gasteiger partial charge in [0, 0.05) is 24.5 Å². The summed E-state index contributed by atoms with van der Waals surface area (Å²) >= 11 is 3.64. The lowest BCUT2D eigenvalue weighted by atomic mass is 10.2. The highest BCUT2D eigenvalue weighted by Gasteiger charge is 2.33. The molecule has 0 saturated heterocycles. The highest BCUT2D eigenvalue weighted by molar-refractivity contribution is 9.09. The zero-order chi connectivity index (χ0) is 15.4. The topological polar surface area (TPSA) is 35.7 Å². The fraction of sp³-hybridized carbons (Fsp3) is 0.625. The van der Waals surface area contributed by atoms with E-state index in [0.717, 1.165) is 32.7 Å². The molecule has 0 radical (unpaired) electrons. The lowest BCUT2D eigenvalue weighted by Gasteiger charge is -2.32. The molecule has 1 heterocycles. The number of rotatable bonds is 7. The number of hydrogen-bond donors (Lipinski definition) is 1. The van der Waals surface area contributed by atoms with Crippen LogP contribution in [0.15, 0.2) is 24.3 Å². The molecule has 1 aliphatic heterocycles. The van der Waals surface area contributed by atoms with Gasteiger partial charge >= 0.3 is 0 Å². The van der Waals surface area contributed by atoms with Crippen molar-refractivity contribution in [3.8, 4) is 0 Å². The largest absolute Gasteiger partial charge is 0.336 e. The van der Waals surface area contributed by atoms with Gasteiger partial charge in [-0.05, 0) is 25.2 Å². The smallest absolute Gasteiger partial charge is 0.155 e. The van der Waals surface area contributed by atoms with Crippen molar-refractivity contribution in [1.82, 2.24) is 4.90 Å². The van der Waals surface area contributed by atoms with E-state index in [0.29, 0.717) is 4.83 Å². The van der Waals surface area contributed by atoms with Gasteiger partial charge in [0.1, 0.15) is 0 Å². The Morgan fingerprint density at radius 2 is 1.76 bits per heavy atom. The van der Waals surface area contributed by atoms with E-state index in [4.69, 9.17) is 5.73 Å². The normalized spacial score (nSPS) is 19.2. The summed E-state index contributed by atoms with van der Waals surface area (Å²) in [5, 5.41) is 0. The number of para-hydroxylation sites is 2. The summed E-state index contributed by atoms with van der Waals surface area (Å²) < 4.78 is 0. The molecule has 0 aliphatic carbocycles. The van der Waals surface area contributed by atoms with Crippen LogP contribution in [0.2, 0.25) is 0 Å². The van der Waals surface area contributed by atoms with Crippen molar-refractivity contribution in [3.63, 3.8) is 0 Å². The Hall–Kier alpha value is -0.780. The van der Waals surface area contributed by atoms with Gasteiger partial charge in [-0.2, -0.15) is 0 Å². The predicted molar refractivity (Wildman–Crippen MR) is 95.3 cm³/mol. The monoisotopic (exact) mass is 354 g/mol. The van der Waals surface area contributed by atoms with E-state index in [-0.39, 0.29) is 6.29 Å². The summed E-state index contributed by atoms with van der Waals surface area (Å²) in [5.74, 6) is 0. The third kappa shape index (κ3) is 3.71. The van der Waals surface area contributed by atoms with Crippen molar-refractivity contribution in [3.05, 3.63) is 24.3 Å². The molecule has 21 heavy (non-hydrogen) atoms. The molecule has 0 fully saturated rings. The van der Waals surface area contributed by atoms with Gasteiger partial charge in [-0.3, -0.25) is 5.73 Å². The van der Waals surface area contributed by atoms with E-state index < -0.39 is 0 Å². The molecule has 4 nitrogen and oxygen atoms in total. The number of anilines is 2. The Morgan fingerprint density at radius 1 is 1.19 bits per heavy atom. The minimum atomic E-state index is -0.0713. The van der Waals surface area contributed by atoms with Gasteiger partial charge in [0.05, 0.1) is 11.4 Å². The Morgan fingerprint density at radius 3 is 2.29 bits per heavy atom. The van der Waals surface area contributed by atoms with E-state index in [1.54, 1.807) is 0 Å². The molecule has 2 rings (SSSR count). The van der Waals surface area contributed by atoms with Crippen molar-refractivity contribution < 1.29 is 0 Å². The average molecular weight is 355 g/mol. The van der Waals surface area contributed by atoms with Gasteiger partial charge in [0.15, 0.2) is 6.29 Å². The molecule has 1 aromatic rings. The molecule has 0 spiro atoms. The molecule has 118 valence electrons. The third-order valence-corrected chi connectivity index (χ3v) is 4.43. The van der Waals surface area contributed by atoms with Crippen LogP contribution in [0.4, 0.5) is 11.4 Å². The Bertz CT molecular complexity index is 448. The Labute approximate surface area is 137 Å². The SMILES string of the molecule is CCN(CC)CCN1c2ccccc2N(CC(C)Br)C1N. The zero-order valence-electron chi connectivity index (χ0n) is 13.3. The third-order valence-electron chi connectivity index (χ3n) is 4.14. The number of alkyl halides is 1. The molecule has 0 saturated carbocycles. The molecule has 2 N–H and O–H groups in total. The van der Waals surface area contributed by atoms with Crippen molar-refractivity contribution in [1.29, 1.82) is 0 Å². The summed E-state index contributed by atoms with van der Waals surface area (Å²) in [4.78, 5) is 7.46. The first-order chi connectivity index (χ1) is 10.1. The number of nitrogens with two attached hydrogens (primary N) is 1. The molecular weight excluding hydrogens is 328 g/mol. The number of benzene rings is 1. The molecule has 1 aliphatic rings. The molecular formula is C16H27BrN4. The zero-order valence-corrected chi connectivity index (χ0v) is 14.9. The summed E-state index contributed by atoms with van der Waals surface area (Å²) in [7, 11) is 0. The lowest BCUT2D eigenvalue weighted by Crippen LogP contribution is -2.53. The van der Waals surface area contributed by atoms with E-state index in [9.17, 15) is 0 Å². The first-order valence-electron chi connectivity index (χ1n) is 7.82. The number of likely N-dealkylation sites (N-methyl/N-ethyl adjacent to an activating group) is 1. The molecule has 0 amide bonds. The van der Waals surface area contributed by atoms with Gasteiger partial charge in [-0.15, -0.1) is 0 Å². The summed E-state index contributed by atoms with van der Waals surface area (Å²) in [6, 6.07) is 8.53. The van der Waals surface area contributed by atoms with E-state index in [2.05, 4.69) is 75.7 Å². The number of nitrogens with zero attached hydrogens (tertiary/aromatic N) is 3. The van der Waals surface area contributed by atoms with Crippen LogP contribution in [-0.4, -0.2) is 48.7 Å². The van der Waals surface area contributed by atoms with Crippen molar-refractivity contribution in [2.24, 2.45) is 5.73 Å². The second kappa shape index (κ2) is 7.47. The van der Waals surface area contributed by atoms with Gasteiger partial charge in [-0.25, -0.2) is 0 Å². The van der Waals surface area contributed by atoms with Crippen LogP contribution >= 0.6 is 15.9 Å². The fourth-order valence-electron chi connectivity index (χ4n) is 2.92. The Kier molecular flexibility index (Phi) is 5.90. The van der Waals surface area contributed by atoms with Gasteiger partial charge in [-0.1, -0.05) is 48.8 Å². The highest BCUT2D eigenvalue weighted by Crippen LogP contribution is 2.37. The maximum Gasteiger partial charge on any atom is 0.155 e. The van der Waals surface area contributed by atoms with Crippen LogP contribution in [-0.2, 0) is 0 Å². The van der Waals surface area contributed by atoms with Crippen LogP contribution in [0.3, 0.4) is 0 Å². The first-order valence-corrected chi connectivity index (χ1v) is 8.74. The maximum absolute atomic E-state index is 6.50. The maximum atomic E-state index is 6.50. The molecule has 5 heteroatoms. The summed E-state index contributed by atoms with van der Waals surface area (Å²) in [5.41, 5.74) is 9.00. The van der Waals surface area contributed by atoms with E-state index >= 15 is 0 Å². The van der Waals surface area contributed by atoms with Crippen LogP contribution < -0.4 is 15.5 Å². The quantitative estimate of drug-likeness (QED) is 0.763. The number of hydrogen-bond acceptors (Lipinski definition) is 4. The van der Waals surface area contributed by atoms with Crippen LogP contribution in [0.5, 0.6) is 0 Å². The fourth-order valence-corrected chi connectivity index (χ4v) is 3.23. The minimum absolute atomic E-state index is 0.0713. The van der Waals surface area contributed by atoms with Crippen LogP contribution in [0.1, 0.15) is 20.8 Å². The summed E-state index contributed by atoms with van der Waals surface area (Å²) in [6.45, 7) is 11.7. The molecule has 2 atom stereocenters. The molecule has 2 unspecified atom stereocenters. The summed E-state index contributed by atoms with van der Waals surface area (Å²) in [6.07, 6.45) is -0.0713. The van der Waals surface area contributed by atoms with Crippen LogP contribution in [0.25, 0.3) is 0 Å². The molecule has 0 aromatic heterocycles. The average Bonchev–Trinajstić information content (AvgIpc) is 2.73. The van der Waals surface area contributed by atoms with Crippen LogP contribution in [0, 0.1) is 0 Å². The second-order valence-corrected chi connectivity index (χ2v) is 7.12. The van der Waals surface area contributed by atoms with Crippen molar-refractivity contribution in [2.45, 2.75) is 31.9 Å². The highest BCUT2D eigenvalue weighted by atomic mass is 79.9. The lowest BCUT2D eigenvalue weighted by molar-refractivity contribution is 0.307. The standard InChI is InChI=1S/C16H27BrN4/c1-4-19(5-2)10-11-20-14-8-6-7-9-15(14)21(16(20)18)12-13(3)17/h6-9,13,16H,4-5,10-12,18H2,1-3H3. The Balaban J connectivity index is 2.15. The van der Waals surface area contributed by atoms with Crippen molar-refractivity contribution >= 4 is 27.3 Å². The molecule has 0 bridgehead atoms. The number of halogens is 1. The van der Waals surface area contributed by atoms with Gasteiger partial charge in [0.2, 0.25) is 0 Å². The first kappa shape index (κ1) is 16.6. The predicted octanol–water partition coefficient (Wildman–Crippen LogP) is 2.68. The van der Waals surface area contributed by atoms with Crippen molar-refractivity contribution in [2.75, 3.05) is 42.5 Å².